The van der Waals surface area contributed by atoms with Crippen molar-refractivity contribution in [1.29, 1.82) is 0 Å². The van der Waals surface area contributed by atoms with Crippen LogP contribution in [-0.4, -0.2) is 6.71 Å². The van der Waals surface area contributed by atoms with Crippen LogP contribution < -0.4 is 16.4 Å². The Kier molecular flexibility index (Phi) is 8.04. The van der Waals surface area contributed by atoms with E-state index in [0.717, 1.165) is 0 Å². The molecule has 0 bridgehead atoms. The van der Waals surface area contributed by atoms with Crippen molar-refractivity contribution < 1.29 is 0 Å². The first-order valence-electron chi connectivity index (χ1n) is 19.5. The zero-order valence-electron chi connectivity index (χ0n) is 32.3. The van der Waals surface area contributed by atoms with Gasteiger partial charge in [0.15, 0.2) is 0 Å². The van der Waals surface area contributed by atoms with E-state index in [9.17, 15) is 0 Å². The highest BCUT2D eigenvalue weighted by molar-refractivity contribution is 8.01. The quantitative estimate of drug-likeness (QED) is 0.131. The van der Waals surface area contributed by atoms with E-state index in [1.165, 1.54) is 102 Å². The number of rotatable bonds is 3. The van der Waals surface area contributed by atoms with E-state index in [2.05, 4.69) is 193 Å². The van der Waals surface area contributed by atoms with E-state index < -0.39 is 0 Å². The Morgan fingerprint density at radius 1 is 0.364 bits per heavy atom. The summed E-state index contributed by atoms with van der Waals surface area (Å²) in [7, 11) is 0. The van der Waals surface area contributed by atoms with Gasteiger partial charge in [-0.3, -0.25) is 0 Å². The van der Waals surface area contributed by atoms with Crippen LogP contribution in [0.1, 0.15) is 52.7 Å². The van der Waals surface area contributed by atoms with Gasteiger partial charge in [-0.05, 0) is 113 Å². The second-order valence-corrected chi connectivity index (χ2v) is 19.5. The van der Waals surface area contributed by atoms with E-state index in [4.69, 9.17) is 0 Å². The second kappa shape index (κ2) is 12.8. The molecule has 0 fully saturated rings. The molecule has 2 aliphatic rings. The third-order valence-corrected chi connectivity index (χ3v) is 14.0. The Balaban J connectivity index is 1.16. The number of fused-ring (bicyclic) bond motifs is 6. The van der Waals surface area contributed by atoms with E-state index in [1.54, 1.807) is 0 Å². The van der Waals surface area contributed by atoms with Gasteiger partial charge in [-0.25, -0.2) is 0 Å². The summed E-state index contributed by atoms with van der Waals surface area (Å²) in [5.41, 5.74) is 14.9. The number of hydrogen-bond donors (Lipinski definition) is 0. The molecule has 0 radical (unpaired) electrons. The lowest BCUT2D eigenvalue weighted by Crippen LogP contribution is -2.58. The van der Waals surface area contributed by atoms with E-state index in [0.29, 0.717) is 0 Å². The monoisotopic (exact) mass is 742 g/mol. The van der Waals surface area contributed by atoms with Crippen LogP contribution in [0.25, 0.3) is 54.9 Å². The molecule has 10 rings (SSSR count). The van der Waals surface area contributed by atoms with Crippen LogP contribution in [0.15, 0.2) is 171 Å². The highest BCUT2D eigenvalue weighted by atomic mass is 32.2. The molecule has 0 nitrogen and oxygen atoms in total. The minimum absolute atomic E-state index is 0.0791. The van der Waals surface area contributed by atoms with Crippen molar-refractivity contribution in [2.24, 2.45) is 0 Å². The molecule has 0 saturated heterocycles. The molecular formula is C52H43BS2. The summed E-state index contributed by atoms with van der Waals surface area (Å²) < 4.78 is 0. The first-order valence-corrected chi connectivity index (χ1v) is 21.1. The highest BCUT2D eigenvalue weighted by Crippen LogP contribution is 2.46. The third kappa shape index (κ3) is 5.78. The predicted molar refractivity (Wildman–Crippen MR) is 241 cm³/mol. The lowest BCUT2D eigenvalue weighted by molar-refractivity contribution is 0.590. The summed E-state index contributed by atoms with van der Waals surface area (Å²) in [4.78, 5) is 5.50. The van der Waals surface area contributed by atoms with Gasteiger partial charge in [0, 0.05) is 19.6 Å². The number of hydrogen-bond acceptors (Lipinski definition) is 2. The van der Waals surface area contributed by atoms with Crippen molar-refractivity contribution >= 4 is 68.2 Å². The zero-order chi connectivity index (χ0) is 37.6. The molecule has 0 spiro atoms. The maximum absolute atomic E-state index is 2.51. The third-order valence-electron chi connectivity index (χ3n) is 11.7. The van der Waals surface area contributed by atoms with Gasteiger partial charge in [0.05, 0.1) is 0 Å². The fraction of sp³-hybridized carbons (Fsp3) is 0.154. The Morgan fingerprint density at radius 2 is 0.800 bits per heavy atom. The van der Waals surface area contributed by atoms with Gasteiger partial charge in [-0.2, -0.15) is 0 Å². The maximum atomic E-state index is 2.51. The molecule has 0 saturated carbocycles. The summed E-state index contributed by atoms with van der Waals surface area (Å²) in [5.74, 6) is 0. The molecule has 8 aromatic carbocycles. The van der Waals surface area contributed by atoms with Gasteiger partial charge in [-0.15, -0.1) is 0 Å². The van der Waals surface area contributed by atoms with Crippen LogP contribution in [0.5, 0.6) is 0 Å². The molecule has 2 heterocycles. The Morgan fingerprint density at radius 3 is 1.29 bits per heavy atom. The summed E-state index contributed by atoms with van der Waals surface area (Å²) >= 11 is 3.91. The topological polar surface area (TPSA) is 0 Å². The Bertz CT molecular complexity index is 2690. The molecule has 8 aromatic rings. The van der Waals surface area contributed by atoms with Gasteiger partial charge in [0.1, 0.15) is 0 Å². The van der Waals surface area contributed by atoms with Gasteiger partial charge in [0.25, 0.3) is 0 Å². The Hall–Kier alpha value is -4.96. The van der Waals surface area contributed by atoms with Crippen LogP contribution >= 0.6 is 23.5 Å². The van der Waals surface area contributed by atoms with Crippen molar-refractivity contribution in [2.45, 2.75) is 72.0 Å². The molecule has 0 atom stereocenters. The lowest BCUT2D eigenvalue weighted by Gasteiger charge is -2.35. The minimum atomic E-state index is 0.0791. The zero-order valence-corrected chi connectivity index (χ0v) is 34.0. The van der Waals surface area contributed by atoms with Crippen LogP contribution in [-0.2, 0) is 10.8 Å². The van der Waals surface area contributed by atoms with Gasteiger partial charge >= 0.3 is 0 Å². The van der Waals surface area contributed by atoms with Crippen molar-refractivity contribution in [2.75, 3.05) is 0 Å². The van der Waals surface area contributed by atoms with Crippen molar-refractivity contribution in [1.82, 2.24) is 0 Å². The smallest absolute Gasteiger partial charge is 0.0911 e. The fourth-order valence-corrected chi connectivity index (χ4v) is 11.3. The lowest BCUT2D eigenvalue weighted by atomic mass is 9.36. The van der Waals surface area contributed by atoms with Crippen LogP contribution in [0.2, 0.25) is 0 Å². The average molecular weight is 743 g/mol. The normalized spacial score (nSPS) is 13.5. The number of benzene rings is 8. The fourth-order valence-electron chi connectivity index (χ4n) is 8.81. The second-order valence-electron chi connectivity index (χ2n) is 17.3. The molecule has 3 heteroatoms. The van der Waals surface area contributed by atoms with Crippen LogP contribution in [0, 0.1) is 0 Å². The molecule has 266 valence electrons. The predicted octanol–water partition coefficient (Wildman–Crippen LogP) is 13.0. The van der Waals surface area contributed by atoms with Gasteiger partial charge in [-0.1, -0.05) is 197 Å². The van der Waals surface area contributed by atoms with Crippen LogP contribution in [0.4, 0.5) is 0 Å². The molecule has 0 aliphatic carbocycles. The SMILES string of the molecule is CC(C)(C)c1ccc2c(c1)B1c3cc(C(C)(C)C)ccc3Sc3cc(-c4cccc(-c5c6ccccc6c(-c6ccccc6)c6ccccc56)c4)cc(c31)S2. The summed E-state index contributed by atoms with van der Waals surface area (Å²) in [6.45, 7) is 14.2. The van der Waals surface area contributed by atoms with Gasteiger partial charge < -0.3 is 0 Å². The molecular weight excluding hydrogens is 700 g/mol. The average Bonchev–Trinajstić information content (AvgIpc) is 3.19. The van der Waals surface area contributed by atoms with Crippen molar-refractivity contribution in [3.63, 3.8) is 0 Å². The van der Waals surface area contributed by atoms with Crippen molar-refractivity contribution in [3.05, 3.63) is 163 Å². The molecule has 0 amide bonds. The largest absolute Gasteiger partial charge is 0.247 e. The Labute approximate surface area is 334 Å². The maximum Gasteiger partial charge on any atom is 0.247 e. The minimum Gasteiger partial charge on any atom is -0.0911 e. The van der Waals surface area contributed by atoms with E-state index >= 15 is 0 Å². The summed E-state index contributed by atoms with van der Waals surface area (Å²) in [5, 5.41) is 5.13. The molecule has 0 aromatic heterocycles. The van der Waals surface area contributed by atoms with E-state index in [-0.39, 0.29) is 17.5 Å². The highest BCUT2D eigenvalue weighted by Gasteiger charge is 2.39. The first-order chi connectivity index (χ1) is 26.5. The first kappa shape index (κ1) is 34.5. The molecule has 2 aliphatic heterocycles. The molecule has 55 heavy (non-hydrogen) atoms. The standard InChI is InChI=1S/C52H43BS2/c1-51(2,3)36-23-25-44-42(30-36)53-43-31-37(52(4,5)6)24-26-45(43)55-47-29-35(28-46(54-44)50(47)53)33-17-14-18-34(27-33)49-40-21-12-10-19-38(40)48(32-15-8-7-9-16-32)39-20-11-13-22-41(39)49/h7-31H,1-6H3. The molecule has 0 unspecified atom stereocenters. The van der Waals surface area contributed by atoms with E-state index in [1.807, 2.05) is 23.5 Å². The summed E-state index contributed by atoms with van der Waals surface area (Å²) in [6, 6.07) is 57.5. The summed E-state index contributed by atoms with van der Waals surface area (Å²) in [6.07, 6.45) is 0. The van der Waals surface area contributed by atoms with Crippen molar-refractivity contribution in [3.8, 4) is 33.4 Å². The van der Waals surface area contributed by atoms with Gasteiger partial charge in [0.2, 0.25) is 6.71 Å². The molecule has 0 N–H and O–H groups in total. The van der Waals surface area contributed by atoms with Crippen LogP contribution in [0.3, 0.4) is 0 Å².